The summed E-state index contributed by atoms with van der Waals surface area (Å²) >= 11 is 1.37. The Balaban J connectivity index is 1.71. The van der Waals surface area contributed by atoms with E-state index in [2.05, 4.69) is 22.2 Å². The summed E-state index contributed by atoms with van der Waals surface area (Å²) < 4.78 is 6.12. The zero-order valence-electron chi connectivity index (χ0n) is 14.3. The van der Waals surface area contributed by atoms with Gasteiger partial charge in [-0.25, -0.2) is 4.98 Å². The van der Waals surface area contributed by atoms with E-state index in [0.29, 0.717) is 22.0 Å². The molecule has 6 nitrogen and oxygen atoms in total. The van der Waals surface area contributed by atoms with Crippen LogP contribution in [0, 0.1) is 0 Å². The van der Waals surface area contributed by atoms with Crippen molar-refractivity contribution >= 4 is 44.2 Å². The highest BCUT2D eigenvalue weighted by Crippen LogP contribution is 2.29. The van der Waals surface area contributed by atoms with Crippen molar-refractivity contribution < 1.29 is 14.3 Å². The van der Waals surface area contributed by atoms with Gasteiger partial charge in [-0.15, -0.1) is 0 Å². The van der Waals surface area contributed by atoms with E-state index in [-0.39, 0.29) is 11.8 Å². The summed E-state index contributed by atoms with van der Waals surface area (Å²) in [7, 11) is 1.60. The lowest BCUT2D eigenvalue weighted by Crippen LogP contribution is -2.13. The average Bonchev–Trinajstić information content (AvgIpc) is 3.03. The van der Waals surface area contributed by atoms with E-state index >= 15 is 0 Å². The summed E-state index contributed by atoms with van der Waals surface area (Å²) in [6.45, 7) is 5.21. The van der Waals surface area contributed by atoms with Crippen LogP contribution in [0.5, 0.6) is 5.75 Å². The maximum absolute atomic E-state index is 12.4. The zero-order valence-corrected chi connectivity index (χ0v) is 15.1. The number of hydrogen-bond acceptors (Lipinski definition) is 5. The normalized spacial score (nSPS) is 10.4. The monoisotopic (exact) mass is 367 g/mol. The molecule has 7 heteroatoms. The van der Waals surface area contributed by atoms with Gasteiger partial charge >= 0.3 is 0 Å². The second-order valence-corrected chi connectivity index (χ2v) is 6.65. The highest BCUT2D eigenvalue weighted by Gasteiger charge is 2.11. The Labute approximate surface area is 154 Å². The lowest BCUT2D eigenvalue weighted by atomic mass is 10.2. The number of carbonyl (C=O) groups is 2. The Morgan fingerprint density at radius 3 is 2.50 bits per heavy atom. The average molecular weight is 367 g/mol. The predicted molar refractivity (Wildman–Crippen MR) is 104 cm³/mol. The Bertz CT molecular complexity index is 993. The number of hydrogen-bond donors (Lipinski definition) is 2. The molecule has 26 heavy (non-hydrogen) atoms. The molecule has 3 rings (SSSR count). The maximum Gasteiger partial charge on any atom is 0.257 e. The topological polar surface area (TPSA) is 80.3 Å². The van der Waals surface area contributed by atoms with E-state index < -0.39 is 0 Å². The first kappa shape index (κ1) is 17.6. The van der Waals surface area contributed by atoms with Gasteiger partial charge in [-0.2, -0.15) is 0 Å². The minimum absolute atomic E-state index is 0.257. The molecule has 1 heterocycles. The van der Waals surface area contributed by atoms with Crippen LogP contribution in [-0.4, -0.2) is 23.9 Å². The van der Waals surface area contributed by atoms with Crippen LogP contribution in [0.2, 0.25) is 0 Å². The summed E-state index contributed by atoms with van der Waals surface area (Å²) in [5.74, 6) is 0.215. The molecule has 0 aliphatic heterocycles. The molecule has 0 radical (unpaired) electrons. The number of nitrogens with zero attached hydrogens (tertiary/aromatic N) is 1. The number of fused-ring (bicyclic) bond motifs is 1. The third kappa shape index (κ3) is 3.89. The van der Waals surface area contributed by atoms with Gasteiger partial charge in [0.05, 0.1) is 17.3 Å². The number of methoxy groups -OCH3 is 1. The smallest absolute Gasteiger partial charge is 0.257 e. The number of nitrogens with one attached hydrogen (secondary N) is 2. The van der Waals surface area contributed by atoms with Crippen molar-refractivity contribution in [2.24, 2.45) is 0 Å². The van der Waals surface area contributed by atoms with E-state index in [1.54, 1.807) is 38.3 Å². The van der Waals surface area contributed by atoms with Crippen LogP contribution < -0.4 is 15.4 Å². The number of aromatic nitrogens is 1. The van der Waals surface area contributed by atoms with Crippen molar-refractivity contribution in [2.45, 2.75) is 6.92 Å². The van der Waals surface area contributed by atoms with E-state index in [1.807, 2.05) is 18.2 Å². The zero-order chi connectivity index (χ0) is 18.7. The van der Waals surface area contributed by atoms with Gasteiger partial charge in [0.1, 0.15) is 5.75 Å². The first-order valence-corrected chi connectivity index (χ1v) is 8.61. The molecule has 0 saturated heterocycles. The van der Waals surface area contributed by atoms with Crippen LogP contribution in [0.3, 0.4) is 0 Å². The third-order valence-electron chi connectivity index (χ3n) is 3.61. The second-order valence-electron chi connectivity index (χ2n) is 5.62. The molecule has 0 bridgehead atoms. The van der Waals surface area contributed by atoms with Crippen LogP contribution >= 0.6 is 11.3 Å². The number of rotatable bonds is 5. The number of benzene rings is 2. The third-order valence-corrected chi connectivity index (χ3v) is 4.54. The number of thiazole rings is 1. The van der Waals surface area contributed by atoms with Crippen LogP contribution in [0.25, 0.3) is 10.2 Å². The number of carbonyl (C=O) groups excluding carboxylic acids is 2. The molecular weight excluding hydrogens is 350 g/mol. The van der Waals surface area contributed by atoms with Gasteiger partial charge in [-0.05, 0) is 49.4 Å². The lowest BCUT2D eigenvalue weighted by Gasteiger charge is -2.06. The van der Waals surface area contributed by atoms with Gasteiger partial charge in [0, 0.05) is 16.8 Å². The van der Waals surface area contributed by atoms with Gasteiger partial charge < -0.3 is 10.1 Å². The largest absolute Gasteiger partial charge is 0.497 e. The van der Waals surface area contributed by atoms with E-state index in [9.17, 15) is 9.59 Å². The molecule has 0 aliphatic carbocycles. The highest BCUT2D eigenvalue weighted by molar-refractivity contribution is 7.22. The van der Waals surface area contributed by atoms with Crippen LogP contribution in [0.4, 0.5) is 10.8 Å². The first-order valence-electron chi connectivity index (χ1n) is 7.79. The highest BCUT2D eigenvalue weighted by atomic mass is 32.1. The molecule has 2 amide bonds. The molecule has 2 aromatic carbocycles. The first-order chi connectivity index (χ1) is 12.5. The summed E-state index contributed by atoms with van der Waals surface area (Å²) in [5.41, 5.74) is 2.28. The summed E-state index contributed by atoms with van der Waals surface area (Å²) in [6.07, 6.45) is 0. The summed E-state index contributed by atoms with van der Waals surface area (Å²) in [5, 5.41) is 6.00. The predicted octanol–water partition coefficient (Wildman–Crippen LogP) is 4.07. The maximum atomic E-state index is 12.4. The van der Waals surface area contributed by atoms with Crippen molar-refractivity contribution in [1.29, 1.82) is 0 Å². The molecule has 3 aromatic rings. The molecule has 132 valence electrons. The van der Waals surface area contributed by atoms with Crippen molar-refractivity contribution in [2.75, 3.05) is 17.7 Å². The molecule has 1 aromatic heterocycles. The quantitative estimate of drug-likeness (QED) is 0.666. The standard InChI is InChI=1S/C19H17N3O3S/c1-11(2)17(23)20-13-6-4-12(5-7-13)18(24)22-19-21-15-9-8-14(25-3)10-16(15)26-19/h4-10H,1H2,2-3H3,(H,20,23)(H,21,22,24). The van der Waals surface area contributed by atoms with Crippen molar-refractivity contribution in [3.8, 4) is 5.75 Å². The molecule has 0 saturated carbocycles. The van der Waals surface area contributed by atoms with E-state index in [0.717, 1.165) is 16.0 Å². The molecule has 0 spiro atoms. The fraction of sp³-hybridized carbons (Fsp3) is 0.105. The number of anilines is 2. The molecule has 0 aliphatic rings. The Hall–Kier alpha value is -3.19. The molecule has 2 N–H and O–H groups in total. The molecule has 0 unspecified atom stereocenters. The SMILES string of the molecule is C=C(C)C(=O)Nc1ccc(C(=O)Nc2nc3ccc(OC)cc3s2)cc1. The minimum atomic E-state index is -0.270. The van der Waals surface area contributed by atoms with Gasteiger partial charge in [0.2, 0.25) is 0 Å². The van der Waals surface area contributed by atoms with Gasteiger partial charge in [-0.3, -0.25) is 14.9 Å². The van der Waals surface area contributed by atoms with Gasteiger partial charge in [0.15, 0.2) is 5.13 Å². The lowest BCUT2D eigenvalue weighted by molar-refractivity contribution is -0.112. The summed E-state index contributed by atoms with van der Waals surface area (Å²) in [4.78, 5) is 28.4. The fourth-order valence-electron chi connectivity index (χ4n) is 2.20. The van der Waals surface area contributed by atoms with Crippen LogP contribution in [-0.2, 0) is 4.79 Å². The Kier molecular flexibility index (Phi) is 4.99. The van der Waals surface area contributed by atoms with E-state index in [1.165, 1.54) is 11.3 Å². The van der Waals surface area contributed by atoms with Crippen molar-refractivity contribution in [1.82, 2.24) is 4.98 Å². The molecule has 0 fully saturated rings. The van der Waals surface area contributed by atoms with Crippen molar-refractivity contribution in [3.63, 3.8) is 0 Å². The molecular formula is C19H17N3O3S. The molecule has 0 atom stereocenters. The number of amides is 2. The Morgan fingerprint density at radius 2 is 1.85 bits per heavy atom. The van der Waals surface area contributed by atoms with Gasteiger partial charge in [-0.1, -0.05) is 17.9 Å². The minimum Gasteiger partial charge on any atom is -0.497 e. The second kappa shape index (κ2) is 7.37. The summed E-state index contributed by atoms with van der Waals surface area (Å²) in [6, 6.07) is 12.2. The van der Waals surface area contributed by atoms with Crippen LogP contribution in [0.1, 0.15) is 17.3 Å². The van der Waals surface area contributed by atoms with E-state index in [4.69, 9.17) is 4.74 Å². The fourth-order valence-corrected chi connectivity index (χ4v) is 3.09. The number of ether oxygens (including phenoxy) is 1. The Morgan fingerprint density at radius 1 is 1.12 bits per heavy atom. The van der Waals surface area contributed by atoms with Crippen molar-refractivity contribution in [3.05, 3.63) is 60.2 Å². The van der Waals surface area contributed by atoms with Crippen LogP contribution in [0.15, 0.2) is 54.6 Å². The van der Waals surface area contributed by atoms with Gasteiger partial charge in [0.25, 0.3) is 11.8 Å².